The summed E-state index contributed by atoms with van der Waals surface area (Å²) in [6.07, 6.45) is -4.09. The van der Waals surface area contributed by atoms with E-state index >= 15 is 0 Å². The Morgan fingerprint density at radius 3 is 2.44 bits per heavy atom. The maximum absolute atomic E-state index is 13.7. The second-order valence-corrected chi connectivity index (χ2v) is 8.43. The Bertz CT molecular complexity index is 1190. The number of urea groups is 1. The molecule has 34 heavy (non-hydrogen) atoms. The molecule has 0 spiro atoms. The van der Waals surface area contributed by atoms with Crippen molar-refractivity contribution >= 4 is 23.4 Å². The summed E-state index contributed by atoms with van der Waals surface area (Å²) in [6, 6.07) is 7.87. The molecule has 2 aromatic carbocycles. The van der Waals surface area contributed by atoms with Crippen molar-refractivity contribution in [1.82, 2.24) is 0 Å². The zero-order chi connectivity index (χ0) is 24.8. The normalized spacial score (nSPS) is 22.5. The average molecular weight is 473 g/mol. The summed E-state index contributed by atoms with van der Waals surface area (Å²) in [4.78, 5) is 28.0. The lowest BCUT2D eigenvalue weighted by molar-refractivity contribution is -0.137. The number of carbonyl (C=O) groups excluding carboxylic acids is 1. The molecule has 2 heterocycles. The number of alkyl halides is 3. The second kappa shape index (κ2) is 8.65. The number of carboxylic acids is 1. The highest BCUT2D eigenvalue weighted by Crippen LogP contribution is 2.42. The quantitative estimate of drug-likeness (QED) is 0.687. The molecule has 1 unspecified atom stereocenters. The zero-order valence-corrected chi connectivity index (χ0v) is 18.5. The van der Waals surface area contributed by atoms with Gasteiger partial charge in [0, 0.05) is 17.3 Å². The van der Waals surface area contributed by atoms with Crippen LogP contribution >= 0.6 is 0 Å². The molecule has 0 radical (unpaired) electrons. The second-order valence-electron chi connectivity index (χ2n) is 8.43. The minimum absolute atomic E-state index is 0.0213. The Labute approximate surface area is 193 Å². The van der Waals surface area contributed by atoms with E-state index in [0.29, 0.717) is 24.3 Å². The molecule has 0 aromatic heterocycles. The molecule has 2 aliphatic heterocycles. The van der Waals surface area contributed by atoms with Gasteiger partial charge < -0.3 is 9.84 Å². The van der Waals surface area contributed by atoms with E-state index in [1.807, 2.05) is 6.92 Å². The fourth-order valence-electron chi connectivity index (χ4n) is 4.84. The summed E-state index contributed by atoms with van der Waals surface area (Å²) in [7, 11) is 0. The first kappa shape index (κ1) is 23.6. The highest BCUT2D eigenvalue weighted by atomic mass is 19.4. The number of amides is 2. The summed E-state index contributed by atoms with van der Waals surface area (Å²) in [5.41, 5.74) is -0.582. The number of hydrogen-bond acceptors (Lipinski definition) is 4. The molecule has 2 aliphatic rings. The van der Waals surface area contributed by atoms with Crippen LogP contribution in [-0.2, 0) is 10.9 Å². The van der Waals surface area contributed by atoms with Gasteiger partial charge in [-0.05, 0) is 55.3 Å². The van der Waals surface area contributed by atoms with Crippen molar-refractivity contribution in [3.8, 4) is 6.07 Å². The van der Waals surface area contributed by atoms with Crippen molar-refractivity contribution in [3.63, 3.8) is 0 Å². The van der Waals surface area contributed by atoms with Gasteiger partial charge in [0.05, 0.1) is 48.1 Å². The number of aryl methyl sites for hydroxylation is 1. The van der Waals surface area contributed by atoms with Crippen LogP contribution in [0.1, 0.15) is 40.4 Å². The van der Waals surface area contributed by atoms with Gasteiger partial charge in [-0.25, -0.2) is 9.59 Å². The summed E-state index contributed by atoms with van der Waals surface area (Å²) in [5.74, 6) is -1.17. The van der Waals surface area contributed by atoms with Gasteiger partial charge in [0.1, 0.15) is 0 Å². The van der Waals surface area contributed by atoms with Crippen molar-refractivity contribution in [2.75, 3.05) is 23.0 Å². The Balaban J connectivity index is 1.84. The van der Waals surface area contributed by atoms with Crippen LogP contribution in [0.3, 0.4) is 0 Å². The van der Waals surface area contributed by atoms with E-state index in [2.05, 4.69) is 0 Å². The molecule has 0 aliphatic carbocycles. The lowest BCUT2D eigenvalue weighted by Crippen LogP contribution is -2.51. The van der Waals surface area contributed by atoms with Gasteiger partial charge in [0.2, 0.25) is 0 Å². The Morgan fingerprint density at radius 2 is 1.85 bits per heavy atom. The summed E-state index contributed by atoms with van der Waals surface area (Å²) < 4.78 is 46.5. The van der Waals surface area contributed by atoms with Gasteiger partial charge in [-0.1, -0.05) is 6.92 Å². The van der Waals surface area contributed by atoms with Crippen molar-refractivity contribution in [3.05, 3.63) is 58.7 Å². The number of hydrogen-bond donors (Lipinski definition) is 1. The van der Waals surface area contributed by atoms with Gasteiger partial charge in [0.25, 0.3) is 0 Å². The number of carboxylic acid groups (broad SMARTS) is 1. The standard InChI is InChI=1S/C24H22F3N3O4/c1-3-14-11-34-12-20-21(14)30(16-6-7-18(22(31)32)13(2)8-16)23(33)29(20)17-5-4-15(10-28)19(9-17)24(25,26)27/h4-9,14,20-21H,3,11-12H2,1-2H3,(H,31,32)/t14?,20-,21-/m1/s1. The molecule has 2 aromatic rings. The maximum Gasteiger partial charge on any atom is 0.417 e. The minimum atomic E-state index is -4.76. The molecule has 7 nitrogen and oxygen atoms in total. The highest BCUT2D eigenvalue weighted by Gasteiger charge is 2.52. The first-order valence-electron chi connectivity index (χ1n) is 10.7. The molecule has 1 N–H and O–H groups in total. The maximum atomic E-state index is 13.7. The zero-order valence-electron chi connectivity index (χ0n) is 18.5. The Kier molecular flexibility index (Phi) is 6.00. The molecule has 4 rings (SSSR count). The Hall–Kier alpha value is -3.58. The van der Waals surface area contributed by atoms with Gasteiger partial charge in [0.15, 0.2) is 0 Å². The minimum Gasteiger partial charge on any atom is -0.478 e. The van der Waals surface area contributed by atoms with E-state index in [4.69, 9.17) is 10.00 Å². The fourth-order valence-corrected chi connectivity index (χ4v) is 4.84. The molecular formula is C24H22F3N3O4. The third-order valence-electron chi connectivity index (χ3n) is 6.49. The topological polar surface area (TPSA) is 93.9 Å². The van der Waals surface area contributed by atoms with Crippen LogP contribution in [-0.4, -0.2) is 42.4 Å². The van der Waals surface area contributed by atoms with Gasteiger partial charge in [-0.2, -0.15) is 18.4 Å². The van der Waals surface area contributed by atoms with E-state index in [0.717, 1.165) is 12.1 Å². The van der Waals surface area contributed by atoms with Crippen molar-refractivity contribution < 1.29 is 32.6 Å². The monoisotopic (exact) mass is 473 g/mol. The van der Waals surface area contributed by atoms with E-state index < -0.39 is 35.3 Å². The number of fused-ring (bicyclic) bond motifs is 1. The predicted molar refractivity (Wildman–Crippen MR) is 117 cm³/mol. The number of benzene rings is 2. The first-order valence-corrected chi connectivity index (χ1v) is 10.7. The van der Waals surface area contributed by atoms with Crippen LogP contribution in [0.15, 0.2) is 36.4 Å². The Morgan fingerprint density at radius 1 is 1.18 bits per heavy atom. The van der Waals surface area contributed by atoms with Crippen LogP contribution in [0.2, 0.25) is 0 Å². The van der Waals surface area contributed by atoms with Crippen LogP contribution in [0.4, 0.5) is 29.3 Å². The number of nitriles is 1. The largest absolute Gasteiger partial charge is 0.478 e. The number of halogens is 3. The van der Waals surface area contributed by atoms with Crippen molar-refractivity contribution in [2.45, 2.75) is 38.5 Å². The third kappa shape index (κ3) is 3.86. The van der Waals surface area contributed by atoms with Gasteiger partial charge >= 0.3 is 18.2 Å². The number of anilines is 2. The van der Waals surface area contributed by atoms with E-state index in [1.54, 1.807) is 19.1 Å². The summed E-state index contributed by atoms with van der Waals surface area (Å²) in [6.45, 7) is 4.10. The number of rotatable bonds is 4. The lowest BCUT2D eigenvalue weighted by atomic mass is 9.89. The number of nitrogens with zero attached hydrogens (tertiary/aromatic N) is 3. The van der Waals surface area contributed by atoms with Gasteiger partial charge in [-0.3, -0.25) is 9.80 Å². The van der Waals surface area contributed by atoms with Crippen LogP contribution < -0.4 is 9.80 Å². The highest BCUT2D eigenvalue weighted by molar-refractivity contribution is 6.08. The van der Waals surface area contributed by atoms with Crippen molar-refractivity contribution in [2.24, 2.45) is 5.92 Å². The number of ether oxygens (including phenoxy) is 1. The molecule has 2 amide bonds. The van der Waals surface area contributed by atoms with Crippen molar-refractivity contribution in [1.29, 1.82) is 5.26 Å². The molecule has 3 atom stereocenters. The number of aromatic carboxylic acids is 1. The van der Waals surface area contributed by atoms with Gasteiger partial charge in [-0.15, -0.1) is 0 Å². The molecular weight excluding hydrogens is 451 g/mol. The lowest BCUT2D eigenvalue weighted by Gasteiger charge is -2.38. The fraction of sp³-hybridized carbons (Fsp3) is 0.375. The third-order valence-corrected chi connectivity index (χ3v) is 6.49. The molecule has 2 saturated heterocycles. The predicted octanol–water partition coefficient (Wildman–Crippen LogP) is 4.82. The first-order chi connectivity index (χ1) is 16.1. The molecule has 2 fully saturated rings. The average Bonchev–Trinajstić information content (AvgIpc) is 3.09. The smallest absolute Gasteiger partial charge is 0.417 e. The molecule has 0 bridgehead atoms. The van der Waals surface area contributed by atoms with E-state index in [9.17, 15) is 27.9 Å². The molecule has 10 heteroatoms. The molecule has 0 saturated carbocycles. The van der Waals surface area contributed by atoms with E-state index in [-0.39, 0.29) is 29.8 Å². The molecule has 178 valence electrons. The van der Waals surface area contributed by atoms with E-state index in [1.165, 1.54) is 28.0 Å². The van der Waals surface area contributed by atoms with Crippen LogP contribution in [0.25, 0.3) is 0 Å². The SMILES string of the molecule is CCC1COC[C@@H]2[C@@H]1N(c1ccc(C(=O)O)c(C)c1)C(=O)N2c1ccc(C#N)c(C(F)(F)F)c1. The summed E-state index contributed by atoms with van der Waals surface area (Å²) in [5, 5.41) is 18.5. The number of carbonyl (C=O) groups is 2. The summed E-state index contributed by atoms with van der Waals surface area (Å²) >= 11 is 0. The van der Waals surface area contributed by atoms with Crippen LogP contribution in [0.5, 0.6) is 0 Å². The van der Waals surface area contributed by atoms with Crippen LogP contribution in [0, 0.1) is 24.2 Å².